The number of carboxylic acids is 2. The highest BCUT2D eigenvalue weighted by atomic mass is 19.4. The maximum Gasteiger partial charge on any atom is 0.490 e. The van der Waals surface area contributed by atoms with Gasteiger partial charge in [-0.05, 0) is 81.0 Å². The summed E-state index contributed by atoms with van der Waals surface area (Å²) in [5.41, 5.74) is 5.82. The molecule has 1 aliphatic heterocycles. The lowest BCUT2D eigenvalue weighted by molar-refractivity contribution is -0.192. The van der Waals surface area contributed by atoms with Crippen molar-refractivity contribution in [3.63, 3.8) is 0 Å². The molecule has 1 aromatic carbocycles. The van der Waals surface area contributed by atoms with Crippen molar-refractivity contribution in [1.29, 1.82) is 0 Å². The Labute approximate surface area is 172 Å². The van der Waals surface area contributed by atoms with Gasteiger partial charge in [0.2, 0.25) is 5.91 Å². The van der Waals surface area contributed by atoms with Crippen molar-refractivity contribution in [2.24, 2.45) is 5.41 Å². The molecule has 0 aromatic heterocycles. The van der Waals surface area contributed by atoms with Crippen LogP contribution in [0.5, 0.6) is 0 Å². The predicted molar refractivity (Wildman–Crippen MR) is 103 cm³/mol. The van der Waals surface area contributed by atoms with Gasteiger partial charge < -0.3 is 20.8 Å². The van der Waals surface area contributed by atoms with Crippen molar-refractivity contribution >= 4 is 17.8 Å². The minimum Gasteiger partial charge on any atom is -0.480 e. The summed E-state index contributed by atoms with van der Waals surface area (Å²) in [5.74, 6) is -4.21. The molecule has 0 spiro atoms. The first-order valence-corrected chi connectivity index (χ1v) is 9.25. The Bertz CT molecular complexity index is 815. The van der Waals surface area contributed by atoms with Crippen LogP contribution in [0.25, 0.3) is 0 Å². The summed E-state index contributed by atoms with van der Waals surface area (Å²) in [6.45, 7) is 11.5. The van der Waals surface area contributed by atoms with Crippen LogP contribution in [-0.2, 0) is 20.9 Å². The van der Waals surface area contributed by atoms with Gasteiger partial charge in [0.1, 0.15) is 0 Å². The third-order valence-corrected chi connectivity index (χ3v) is 5.82. The number of halogens is 3. The summed E-state index contributed by atoms with van der Waals surface area (Å²) in [6, 6.07) is 0. The molecule has 0 bridgehead atoms. The van der Waals surface area contributed by atoms with Crippen LogP contribution in [0.4, 0.5) is 13.2 Å². The van der Waals surface area contributed by atoms with Gasteiger partial charge in [-0.25, -0.2) is 4.79 Å². The highest BCUT2D eigenvalue weighted by Gasteiger charge is 2.48. The molecule has 30 heavy (non-hydrogen) atoms. The van der Waals surface area contributed by atoms with Crippen molar-refractivity contribution in [2.75, 3.05) is 13.1 Å². The predicted octanol–water partition coefficient (Wildman–Crippen LogP) is 2.54. The molecule has 1 fully saturated rings. The van der Waals surface area contributed by atoms with Crippen LogP contribution >= 0.6 is 0 Å². The van der Waals surface area contributed by atoms with Crippen LogP contribution in [0.15, 0.2) is 0 Å². The van der Waals surface area contributed by atoms with E-state index < -0.39 is 29.4 Å². The number of carbonyl (C=O) groups is 3. The third-order valence-electron chi connectivity index (χ3n) is 5.82. The van der Waals surface area contributed by atoms with Crippen LogP contribution in [0.2, 0.25) is 0 Å². The van der Waals surface area contributed by atoms with Crippen LogP contribution in [0.3, 0.4) is 0 Å². The van der Waals surface area contributed by atoms with E-state index in [1.165, 1.54) is 27.8 Å². The summed E-state index contributed by atoms with van der Waals surface area (Å²) < 4.78 is 31.7. The lowest BCUT2D eigenvalue weighted by Crippen LogP contribution is -2.47. The molecule has 1 aromatic rings. The van der Waals surface area contributed by atoms with Crippen molar-refractivity contribution in [3.8, 4) is 0 Å². The maximum atomic E-state index is 12.5. The minimum absolute atomic E-state index is 0.193. The van der Waals surface area contributed by atoms with E-state index >= 15 is 0 Å². The summed E-state index contributed by atoms with van der Waals surface area (Å²) in [6.07, 6.45) is -4.75. The van der Waals surface area contributed by atoms with E-state index in [1.807, 2.05) is 0 Å². The number of alkyl halides is 3. The zero-order chi connectivity index (χ0) is 23.4. The van der Waals surface area contributed by atoms with E-state index in [1.54, 1.807) is 0 Å². The Kier molecular flexibility index (Phi) is 8.02. The average Bonchev–Trinajstić information content (AvgIpc) is 3.15. The van der Waals surface area contributed by atoms with Crippen LogP contribution in [0.1, 0.15) is 39.8 Å². The van der Waals surface area contributed by atoms with Crippen LogP contribution < -0.4 is 10.6 Å². The summed E-state index contributed by atoms with van der Waals surface area (Å²) in [7, 11) is 0. The van der Waals surface area contributed by atoms with E-state index in [2.05, 4.69) is 45.3 Å². The topological polar surface area (TPSA) is 116 Å². The molecule has 0 aliphatic carbocycles. The van der Waals surface area contributed by atoms with Gasteiger partial charge in [0.25, 0.3) is 0 Å². The first-order valence-electron chi connectivity index (χ1n) is 9.25. The Balaban J connectivity index is 0.000000553. The lowest BCUT2D eigenvalue weighted by Gasteiger charge is -2.24. The number of carboxylic acid groups (broad SMARTS) is 2. The molecule has 0 radical (unpaired) electrons. The molecule has 1 unspecified atom stereocenters. The third kappa shape index (κ3) is 5.29. The fourth-order valence-electron chi connectivity index (χ4n) is 3.35. The quantitative estimate of drug-likeness (QED) is 0.544. The highest BCUT2D eigenvalue weighted by molar-refractivity contribution is 6.02. The highest BCUT2D eigenvalue weighted by Crippen LogP contribution is 2.28. The van der Waals surface area contributed by atoms with Gasteiger partial charge in [0.15, 0.2) is 5.41 Å². The molecule has 168 valence electrons. The zero-order valence-corrected chi connectivity index (χ0v) is 17.6. The summed E-state index contributed by atoms with van der Waals surface area (Å²) in [4.78, 5) is 33.0. The number of amides is 1. The molecular formula is C20H27F3N2O5. The SMILES string of the molecule is Cc1c(C)c(C)c(CNC(=O)C2(C(=O)O)CCNC2)c(C)c1C.O=C(O)C(F)(F)F. The summed E-state index contributed by atoms with van der Waals surface area (Å²) in [5, 5.41) is 22.4. The second-order valence-corrected chi connectivity index (χ2v) is 7.40. The van der Waals surface area contributed by atoms with Gasteiger partial charge in [-0.2, -0.15) is 13.2 Å². The average molecular weight is 432 g/mol. The fourth-order valence-corrected chi connectivity index (χ4v) is 3.35. The molecule has 7 nitrogen and oxygen atoms in total. The van der Waals surface area contributed by atoms with Crippen LogP contribution in [-0.4, -0.2) is 47.3 Å². The van der Waals surface area contributed by atoms with Gasteiger partial charge in [0.05, 0.1) is 0 Å². The normalized spacial score (nSPS) is 18.4. The lowest BCUT2D eigenvalue weighted by atomic mass is 9.85. The molecule has 1 heterocycles. The molecule has 4 N–H and O–H groups in total. The van der Waals surface area contributed by atoms with E-state index in [-0.39, 0.29) is 6.54 Å². The fraction of sp³-hybridized carbons (Fsp3) is 0.550. The Morgan fingerprint density at radius 3 is 1.73 bits per heavy atom. The van der Waals surface area contributed by atoms with E-state index in [9.17, 15) is 27.9 Å². The van der Waals surface area contributed by atoms with Gasteiger partial charge in [-0.15, -0.1) is 0 Å². The molecular weight excluding hydrogens is 405 g/mol. The number of nitrogens with one attached hydrogen (secondary N) is 2. The number of hydrogen-bond donors (Lipinski definition) is 4. The summed E-state index contributed by atoms with van der Waals surface area (Å²) >= 11 is 0. The first kappa shape index (κ1) is 25.4. The Hall–Kier alpha value is -2.62. The smallest absolute Gasteiger partial charge is 0.480 e. The number of benzene rings is 1. The van der Waals surface area contributed by atoms with E-state index in [0.29, 0.717) is 19.5 Å². The minimum atomic E-state index is -5.08. The molecule has 0 saturated carbocycles. The van der Waals surface area contributed by atoms with Gasteiger partial charge in [-0.1, -0.05) is 0 Å². The molecule has 1 atom stereocenters. The van der Waals surface area contributed by atoms with Crippen LogP contribution in [0, 0.1) is 40.0 Å². The second kappa shape index (κ2) is 9.46. The van der Waals surface area contributed by atoms with Gasteiger partial charge in [-0.3, -0.25) is 9.59 Å². The molecule has 2 rings (SSSR count). The van der Waals surface area contributed by atoms with Crippen molar-refractivity contribution in [2.45, 2.75) is 53.8 Å². The van der Waals surface area contributed by atoms with Crippen molar-refractivity contribution in [3.05, 3.63) is 33.4 Å². The Morgan fingerprint density at radius 1 is 0.967 bits per heavy atom. The monoisotopic (exact) mass is 432 g/mol. The zero-order valence-electron chi connectivity index (χ0n) is 17.6. The second-order valence-electron chi connectivity index (χ2n) is 7.40. The molecule has 1 amide bonds. The standard InChI is InChI=1S/C18H26N2O3.C2HF3O2/c1-10-11(2)13(4)15(14(5)12(10)3)8-20-16(21)18(17(22)23)6-7-19-9-18;3-2(4,5)1(6)7/h19H,6-9H2,1-5H3,(H,20,21)(H,22,23);(H,6,7). The van der Waals surface area contributed by atoms with E-state index in [4.69, 9.17) is 9.90 Å². The molecule has 1 saturated heterocycles. The number of hydrogen-bond acceptors (Lipinski definition) is 4. The van der Waals surface area contributed by atoms with Gasteiger partial charge in [0, 0.05) is 13.1 Å². The first-order chi connectivity index (χ1) is 13.7. The van der Waals surface area contributed by atoms with Gasteiger partial charge >= 0.3 is 18.1 Å². The largest absolute Gasteiger partial charge is 0.490 e. The number of aliphatic carboxylic acids is 2. The number of rotatable bonds is 4. The number of carbonyl (C=O) groups excluding carboxylic acids is 1. The van der Waals surface area contributed by atoms with Crippen molar-refractivity contribution < 1.29 is 37.8 Å². The van der Waals surface area contributed by atoms with Crippen molar-refractivity contribution in [1.82, 2.24) is 10.6 Å². The molecule has 1 aliphatic rings. The maximum absolute atomic E-state index is 12.5. The van der Waals surface area contributed by atoms with E-state index in [0.717, 1.165) is 5.56 Å². The Morgan fingerprint density at radius 2 is 1.40 bits per heavy atom. The molecule has 10 heteroatoms.